The normalized spacial score (nSPS) is 25.1. The van der Waals surface area contributed by atoms with Crippen molar-refractivity contribution in [1.29, 1.82) is 0 Å². The molecular formula is C17H13N3O3S2. The van der Waals surface area contributed by atoms with E-state index in [1.54, 1.807) is 0 Å². The van der Waals surface area contributed by atoms with E-state index < -0.39 is 11.2 Å². The second-order valence-corrected chi connectivity index (χ2v) is 8.48. The summed E-state index contributed by atoms with van der Waals surface area (Å²) < 4.78 is 2.02. The van der Waals surface area contributed by atoms with Gasteiger partial charge in [0.05, 0.1) is 10.9 Å². The predicted octanol–water partition coefficient (Wildman–Crippen LogP) is 1.81. The molecule has 4 heterocycles. The van der Waals surface area contributed by atoms with Crippen molar-refractivity contribution in [2.24, 2.45) is 13.0 Å². The number of amides is 2. The lowest BCUT2D eigenvalue weighted by molar-refractivity contribution is -0.125. The maximum atomic E-state index is 12.5. The summed E-state index contributed by atoms with van der Waals surface area (Å²) in [6, 6.07) is 7.97. The van der Waals surface area contributed by atoms with E-state index in [4.69, 9.17) is 0 Å². The first-order chi connectivity index (χ1) is 12.0. The maximum absolute atomic E-state index is 12.5. The van der Waals surface area contributed by atoms with Crippen LogP contribution in [0.3, 0.4) is 0 Å². The minimum absolute atomic E-state index is 0.157. The van der Waals surface area contributed by atoms with E-state index in [9.17, 15) is 14.4 Å². The summed E-state index contributed by atoms with van der Waals surface area (Å²) in [5, 5.41) is 3.70. The van der Waals surface area contributed by atoms with Crippen molar-refractivity contribution in [2.45, 2.75) is 16.2 Å². The van der Waals surface area contributed by atoms with Crippen LogP contribution in [0, 0.1) is 5.92 Å². The number of benzene rings is 1. The fraction of sp³-hybridized carbons (Fsp3) is 0.235. The van der Waals surface area contributed by atoms with Crippen molar-refractivity contribution in [3.8, 4) is 0 Å². The quantitative estimate of drug-likeness (QED) is 0.639. The summed E-state index contributed by atoms with van der Waals surface area (Å²) in [5.41, 5.74) is 2.04. The van der Waals surface area contributed by atoms with Crippen LogP contribution in [0.5, 0.6) is 0 Å². The van der Waals surface area contributed by atoms with Crippen LogP contribution >= 0.6 is 23.1 Å². The molecule has 1 aromatic carbocycles. The fourth-order valence-electron chi connectivity index (χ4n) is 3.89. The highest BCUT2D eigenvalue weighted by Crippen LogP contribution is 2.52. The smallest absolute Gasteiger partial charge is 0.305 e. The minimum Gasteiger partial charge on any atom is -0.350 e. The summed E-state index contributed by atoms with van der Waals surface area (Å²) in [7, 11) is 1.96. The Morgan fingerprint density at radius 2 is 1.92 bits per heavy atom. The molecule has 8 heteroatoms. The number of rotatable bonds is 1. The standard InChI is InChI=1S/C17H13N3O3S2/c1-20-6-8(7-4-2-3-5-9(7)20)10-11-12(15(22)18-14(11)21)24-16-13(10)25-17(23)19-16/h2-6,10-12H,1H3,(H,19,23)(H,18,21,22)/t10-,11-,12+/m1/s1. The van der Waals surface area contributed by atoms with Gasteiger partial charge in [-0.15, -0.1) is 0 Å². The number of aromatic nitrogens is 2. The summed E-state index contributed by atoms with van der Waals surface area (Å²) >= 11 is 2.42. The van der Waals surface area contributed by atoms with E-state index in [2.05, 4.69) is 10.3 Å². The molecule has 3 aromatic rings. The number of nitrogens with zero attached hydrogens (tertiary/aromatic N) is 1. The molecule has 6 nitrogen and oxygen atoms in total. The number of hydrogen-bond donors (Lipinski definition) is 2. The molecule has 1 fully saturated rings. The summed E-state index contributed by atoms with van der Waals surface area (Å²) in [5.74, 6) is -1.33. The second kappa shape index (κ2) is 5.09. The lowest BCUT2D eigenvalue weighted by Gasteiger charge is -2.29. The summed E-state index contributed by atoms with van der Waals surface area (Å²) in [4.78, 5) is 40.2. The number of thioether (sulfide) groups is 1. The lowest BCUT2D eigenvalue weighted by Crippen LogP contribution is -2.31. The van der Waals surface area contributed by atoms with Gasteiger partial charge in [-0.25, -0.2) is 0 Å². The van der Waals surface area contributed by atoms with Gasteiger partial charge in [0.25, 0.3) is 0 Å². The van der Waals surface area contributed by atoms with Gasteiger partial charge >= 0.3 is 4.87 Å². The van der Waals surface area contributed by atoms with E-state index >= 15 is 0 Å². The molecule has 5 rings (SSSR count). The van der Waals surface area contributed by atoms with Crippen LogP contribution in [0.2, 0.25) is 0 Å². The van der Waals surface area contributed by atoms with Crippen LogP contribution in [0.1, 0.15) is 16.4 Å². The SMILES string of the molecule is Cn1cc([C@H]2c3sc(=O)[nH]c3S[C@@H]3C(=O)NC(=O)[C@H]23)c2ccccc21. The summed E-state index contributed by atoms with van der Waals surface area (Å²) in [6.45, 7) is 0. The molecule has 0 radical (unpaired) electrons. The van der Waals surface area contributed by atoms with Crippen LogP contribution in [0.25, 0.3) is 10.9 Å². The molecule has 0 unspecified atom stereocenters. The number of hydrogen-bond acceptors (Lipinski definition) is 5. The topological polar surface area (TPSA) is 84.0 Å². The average molecular weight is 371 g/mol. The van der Waals surface area contributed by atoms with E-state index in [-0.39, 0.29) is 22.6 Å². The molecule has 0 bridgehead atoms. The number of carbonyl (C=O) groups is 2. The molecule has 1 saturated heterocycles. The van der Waals surface area contributed by atoms with Crippen molar-refractivity contribution >= 4 is 45.8 Å². The number of thiazole rings is 1. The van der Waals surface area contributed by atoms with Crippen molar-refractivity contribution < 1.29 is 9.59 Å². The molecule has 0 spiro atoms. The highest BCUT2D eigenvalue weighted by atomic mass is 32.2. The van der Waals surface area contributed by atoms with Gasteiger partial charge in [0, 0.05) is 34.9 Å². The van der Waals surface area contributed by atoms with E-state index in [1.165, 1.54) is 11.8 Å². The highest BCUT2D eigenvalue weighted by Gasteiger charge is 2.52. The monoisotopic (exact) mass is 371 g/mol. The zero-order valence-corrected chi connectivity index (χ0v) is 14.7. The zero-order chi connectivity index (χ0) is 17.3. The van der Waals surface area contributed by atoms with Gasteiger partial charge in [-0.2, -0.15) is 0 Å². The van der Waals surface area contributed by atoms with Gasteiger partial charge in [0.1, 0.15) is 5.25 Å². The van der Waals surface area contributed by atoms with Crippen molar-refractivity contribution in [3.05, 3.63) is 50.6 Å². The molecule has 25 heavy (non-hydrogen) atoms. The molecule has 2 amide bonds. The third-order valence-corrected chi connectivity index (χ3v) is 7.34. The molecule has 0 saturated carbocycles. The Balaban J connectivity index is 1.81. The van der Waals surface area contributed by atoms with Gasteiger partial charge in [-0.3, -0.25) is 19.7 Å². The van der Waals surface area contributed by atoms with Crippen molar-refractivity contribution in [2.75, 3.05) is 0 Å². The number of imide groups is 1. The second-order valence-electron chi connectivity index (χ2n) is 6.32. The maximum Gasteiger partial charge on any atom is 0.305 e. The third kappa shape index (κ3) is 2.01. The molecule has 2 aliphatic heterocycles. The molecule has 126 valence electrons. The number of nitrogens with one attached hydrogen (secondary N) is 2. The Bertz CT molecular complexity index is 1110. The van der Waals surface area contributed by atoms with Gasteiger partial charge in [0.2, 0.25) is 11.8 Å². The van der Waals surface area contributed by atoms with Crippen LogP contribution < -0.4 is 10.2 Å². The Labute approximate surface area is 150 Å². The molecular weight excluding hydrogens is 358 g/mol. The molecule has 3 atom stereocenters. The Morgan fingerprint density at radius 3 is 2.76 bits per heavy atom. The van der Waals surface area contributed by atoms with Gasteiger partial charge in [0.15, 0.2) is 0 Å². The number of aromatic amines is 1. The Kier molecular flexibility index (Phi) is 3.05. The fourth-order valence-corrected chi connectivity index (χ4v) is 6.37. The highest BCUT2D eigenvalue weighted by molar-refractivity contribution is 8.00. The number of para-hydroxylation sites is 1. The summed E-state index contributed by atoms with van der Waals surface area (Å²) in [6.07, 6.45) is 2.01. The Morgan fingerprint density at radius 1 is 1.12 bits per heavy atom. The zero-order valence-electron chi connectivity index (χ0n) is 13.1. The van der Waals surface area contributed by atoms with E-state index in [0.717, 1.165) is 32.7 Å². The third-order valence-electron chi connectivity index (χ3n) is 4.93. The predicted molar refractivity (Wildman–Crippen MR) is 96.0 cm³/mol. The van der Waals surface area contributed by atoms with Crippen molar-refractivity contribution in [3.63, 3.8) is 0 Å². The van der Waals surface area contributed by atoms with Gasteiger partial charge < -0.3 is 9.55 Å². The number of aryl methyl sites for hydroxylation is 1. The molecule has 2 N–H and O–H groups in total. The minimum atomic E-state index is -0.505. The van der Waals surface area contributed by atoms with E-state index in [0.29, 0.717) is 5.03 Å². The first-order valence-electron chi connectivity index (χ1n) is 7.83. The first kappa shape index (κ1) is 15.0. The largest absolute Gasteiger partial charge is 0.350 e. The van der Waals surface area contributed by atoms with Gasteiger partial charge in [-0.05, 0) is 11.6 Å². The first-order valence-corrected chi connectivity index (χ1v) is 9.52. The number of fused-ring (bicyclic) bond motifs is 3. The van der Waals surface area contributed by atoms with Crippen LogP contribution in [0.4, 0.5) is 0 Å². The lowest BCUT2D eigenvalue weighted by atomic mass is 9.83. The van der Waals surface area contributed by atoms with Crippen LogP contribution in [0.15, 0.2) is 40.3 Å². The van der Waals surface area contributed by atoms with Crippen molar-refractivity contribution in [1.82, 2.24) is 14.9 Å². The molecule has 0 aliphatic carbocycles. The van der Waals surface area contributed by atoms with Gasteiger partial charge in [-0.1, -0.05) is 41.3 Å². The molecule has 2 aromatic heterocycles. The Hall–Kier alpha value is -2.32. The van der Waals surface area contributed by atoms with Crippen LogP contribution in [-0.2, 0) is 16.6 Å². The number of carbonyl (C=O) groups excluding carboxylic acids is 2. The molecule has 2 aliphatic rings. The average Bonchev–Trinajstić information content (AvgIpc) is 3.21. The number of H-pyrrole nitrogens is 1. The van der Waals surface area contributed by atoms with Crippen LogP contribution in [-0.4, -0.2) is 26.6 Å². The van der Waals surface area contributed by atoms with E-state index in [1.807, 2.05) is 42.1 Å².